The summed E-state index contributed by atoms with van der Waals surface area (Å²) < 4.78 is 0. The molecule has 1 aliphatic rings. The second-order valence-corrected chi connectivity index (χ2v) is 6.93. The minimum Gasteiger partial charge on any atom is -0.326 e. The fourth-order valence-corrected chi connectivity index (χ4v) is 3.36. The van der Waals surface area contributed by atoms with Crippen molar-refractivity contribution in [2.45, 2.75) is 13.0 Å². The summed E-state index contributed by atoms with van der Waals surface area (Å²) in [5.41, 5.74) is 8.71. The largest absolute Gasteiger partial charge is 0.326 e. The number of carbonyl (C=O) groups is 1. The number of amides is 1. The Morgan fingerprint density at radius 1 is 0.897 bits per heavy atom. The van der Waals surface area contributed by atoms with E-state index in [1.165, 1.54) is 12.5 Å². The van der Waals surface area contributed by atoms with Gasteiger partial charge in [-0.25, -0.2) is 0 Å². The third-order valence-corrected chi connectivity index (χ3v) is 4.73. The zero-order chi connectivity index (χ0) is 20.1. The summed E-state index contributed by atoms with van der Waals surface area (Å²) in [6.45, 7) is 1.51. The average molecular weight is 381 g/mol. The van der Waals surface area contributed by atoms with Crippen LogP contribution in [0.3, 0.4) is 0 Å². The molecule has 0 saturated heterocycles. The predicted molar refractivity (Wildman–Crippen MR) is 119 cm³/mol. The highest BCUT2D eigenvalue weighted by atomic mass is 16.1. The summed E-state index contributed by atoms with van der Waals surface area (Å²) in [7, 11) is 0. The Balaban J connectivity index is 1.60. The Hall–Kier alpha value is -3.79. The number of allylic oxidation sites excluding steroid dienone is 1. The quantitative estimate of drug-likeness (QED) is 0.630. The third kappa shape index (κ3) is 4.55. The van der Waals surface area contributed by atoms with Crippen LogP contribution in [0, 0.1) is 0 Å². The van der Waals surface area contributed by atoms with Gasteiger partial charge in [0.1, 0.15) is 0 Å². The molecule has 3 aromatic rings. The number of hydrazine groups is 1. The van der Waals surface area contributed by atoms with Gasteiger partial charge in [-0.15, -0.1) is 0 Å². The van der Waals surface area contributed by atoms with Crippen LogP contribution in [0.1, 0.15) is 24.1 Å². The smallest absolute Gasteiger partial charge is 0.221 e. The van der Waals surface area contributed by atoms with Crippen molar-refractivity contribution in [3.8, 4) is 0 Å². The number of benzene rings is 3. The molecule has 4 heteroatoms. The van der Waals surface area contributed by atoms with Crippen LogP contribution in [0.15, 0.2) is 103 Å². The van der Waals surface area contributed by atoms with Crippen molar-refractivity contribution < 1.29 is 4.79 Å². The molecule has 0 aromatic heterocycles. The highest BCUT2D eigenvalue weighted by Gasteiger charge is 2.25. The maximum Gasteiger partial charge on any atom is 0.221 e. The first-order valence-corrected chi connectivity index (χ1v) is 9.62. The first-order chi connectivity index (χ1) is 14.2. The van der Waals surface area contributed by atoms with Crippen LogP contribution in [-0.4, -0.2) is 5.91 Å². The molecule has 0 bridgehead atoms. The van der Waals surface area contributed by atoms with Gasteiger partial charge in [0, 0.05) is 12.6 Å². The summed E-state index contributed by atoms with van der Waals surface area (Å²) in [4.78, 5) is 11.3. The lowest BCUT2D eigenvalue weighted by molar-refractivity contribution is -0.114. The maximum atomic E-state index is 11.3. The standard InChI is InChI=1S/C25H23N3O/c1-19(29)26-22-14-16-24(17-15-22)28-25(21-10-6-3-7-11-21)18-23(27-28)13-12-20-8-4-2-5-9-20/h2-18,25,27H,1H3,(H,26,29). The third-order valence-electron chi connectivity index (χ3n) is 4.73. The van der Waals surface area contributed by atoms with E-state index in [1.54, 1.807) is 0 Å². The molecule has 0 aliphatic carbocycles. The zero-order valence-corrected chi connectivity index (χ0v) is 16.2. The first kappa shape index (κ1) is 18.6. The molecular weight excluding hydrogens is 358 g/mol. The lowest BCUT2D eigenvalue weighted by atomic mass is 10.1. The van der Waals surface area contributed by atoms with Gasteiger partial charge in [-0.1, -0.05) is 66.7 Å². The molecule has 1 amide bonds. The summed E-state index contributed by atoms with van der Waals surface area (Å²) in [5.74, 6) is -0.0748. The number of hydrogen-bond donors (Lipinski definition) is 2. The molecule has 1 heterocycles. The van der Waals surface area contributed by atoms with Gasteiger partial charge in [-0.2, -0.15) is 0 Å². The van der Waals surface area contributed by atoms with E-state index in [2.05, 4.69) is 70.4 Å². The summed E-state index contributed by atoms with van der Waals surface area (Å²) in [5, 5.41) is 4.95. The van der Waals surface area contributed by atoms with Crippen molar-refractivity contribution in [2.75, 3.05) is 10.3 Å². The van der Waals surface area contributed by atoms with Crippen molar-refractivity contribution in [3.05, 3.63) is 114 Å². The molecule has 4 nitrogen and oxygen atoms in total. The van der Waals surface area contributed by atoms with Crippen LogP contribution in [-0.2, 0) is 4.79 Å². The number of anilines is 2. The number of carbonyl (C=O) groups excluding carboxylic acids is 1. The number of nitrogens with one attached hydrogen (secondary N) is 2. The minimum absolute atomic E-state index is 0.0678. The highest BCUT2D eigenvalue weighted by molar-refractivity contribution is 5.88. The lowest BCUT2D eigenvalue weighted by Gasteiger charge is -2.27. The van der Waals surface area contributed by atoms with E-state index < -0.39 is 0 Å². The van der Waals surface area contributed by atoms with E-state index in [1.807, 2.05) is 48.5 Å². The van der Waals surface area contributed by atoms with Gasteiger partial charge in [-0.3, -0.25) is 15.2 Å². The van der Waals surface area contributed by atoms with E-state index >= 15 is 0 Å². The Labute approximate surface area is 171 Å². The van der Waals surface area contributed by atoms with Crippen LogP contribution >= 0.6 is 0 Å². The molecule has 144 valence electrons. The van der Waals surface area contributed by atoms with Gasteiger partial charge in [0.2, 0.25) is 5.91 Å². The van der Waals surface area contributed by atoms with Crippen molar-refractivity contribution in [3.63, 3.8) is 0 Å². The van der Waals surface area contributed by atoms with E-state index in [0.29, 0.717) is 0 Å². The molecular formula is C25H23N3O. The fraction of sp³-hybridized carbons (Fsp3) is 0.0800. The predicted octanol–water partition coefficient (Wildman–Crippen LogP) is 5.31. The number of nitrogens with zero attached hydrogens (tertiary/aromatic N) is 1. The Morgan fingerprint density at radius 2 is 1.55 bits per heavy atom. The van der Waals surface area contributed by atoms with Gasteiger partial charge >= 0.3 is 0 Å². The van der Waals surface area contributed by atoms with Crippen LogP contribution in [0.2, 0.25) is 0 Å². The molecule has 29 heavy (non-hydrogen) atoms. The molecule has 1 aliphatic heterocycles. The summed E-state index contributed by atoms with van der Waals surface area (Å²) in [6, 6.07) is 28.6. The first-order valence-electron chi connectivity index (χ1n) is 9.62. The van der Waals surface area contributed by atoms with Crippen LogP contribution in [0.5, 0.6) is 0 Å². The SMILES string of the molecule is CC(=O)Nc1ccc(N2NC(C=Cc3ccccc3)=CC2c2ccccc2)cc1. The number of rotatable bonds is 5. The van der Waals surface area contributed by atoms with E-state index in [-0.39, 0.29) is 11.9 Å². The average Bonchev–Trinajstić information content (AvgIpc) is 3.18. The van der Waals surface area contributed by atoms with Gasteiger partial charge < -0.3 is 5.32 Å². The van der Waals surface area contributed by atoms with Gasteiger partial charge in [-0.05, 0) is 47.5 Å². The lowest BCUT2D eigenvalue weighted by Crippen LogP contribution is -2.34. The Morgan fingerprint density at radius 3 is 2.21 bits per heavy atom. The second-order valence-electron chi connectivity index (χ2n) is 6.93. The molecule has 0 fully saturated rings. The monoisotopic (exact) mass is 381 g/mol. The van der Waals surface area contributed by atoms with Crippen LogP contribution in [0.4, 0.5) is 11.4 Å². The van der Waals surface area contributed by atoms with Gasteiger partial charge in [0.05, 0.1) is 17.4 Å². The molecule has 2 N–H and O–H groups in total. The van der Waals surface area contributed by atoms with Crippen LogP contribution < -0.4 is 15.8 Å². The van der Waals surface area contributed by atoms with Crippen molar-refractivity contribution >= 4 is 23.4 Å². The molecule has 0 saturated carbocycles. The van der Waals surface area contributed by atoms with Crippen molar-refractivity contribution in [1.29, 1.82) is 0 Å². The highest BCUT2D eigenvalue weighted by Crippen LogP contribution is 2.33. The van der Waals surface area contributed by atoms with Gasteiger partial charge in [0.25, 0.3) is 0 Å². The number of hydrogen-bond acceptors (Lipinski definition) is 3. The fourth-order valence-electron chi connectivity index (χ4n) is 3.36. The molecule has 3 aromatic carbocycles. The molecule has 1 unspecified atom stereocenters. The normalized spacial score (nSPS) is 15.8. The van der Waals surface area contributed by atoms with Gasteiger partial charge in [0.15, 0.2) is 0 Å². The van der Waals surface area contributed by atoms with Crippen molar-refractivity contribution in [1.82, 2.24) is 5.43 Å². The van der Waals surface area contributed by atoms with E-state index in [0.717, 1.165) is 22.6 Å². The molecule has 4 rings (SSSR count). The zero-order valence-electron chi connectivity index (χ0n) is 16.2. The van der Waals surface area contributed by atoms with E-state index in [4.69, 9.17) is 0 Å². The maximum absolute atomic E-state index is 11.3. The Bertz CT molecular complexity index is 1020. The van der Waals surface area contributed by atoms with Crippen LogP contribution in [0.25, 0.3) is 6.08 Å². The topological polar surface area (TPSA) is 44.4 Å². The van der Waals surface area contributed by atoms with E-state index in [9.17, 15) is 4.79 Å². The summed E-state index contributed by atoms with van der Waals surface area (Å²) in [6.07, 6.45) is 6.41. The molecule has 1 atom stereocenters. The minimum atomic E-state index is -0.0748. The second kappa shape index (κ2) is 8.48. The van der Waals surface area contributed by atoms with Crippen molar-refractivity contribution in [2.24, 2.45) is 0 Å². The Kier molecular flexibility index (Phi) is 5.43. The molecule has 0 spiro atoms. The summed E-state index contributed by atoms with van der Waals surface area (Å²) >= 11 is 0. The molecule has 0 radical (unpaired) electrons.